The summed E-state index contributed by atoms with van der Waals surface area (Å²) in [5.41, 5.74) is 5.01. The molecular formula is C18H26BO2P. The average molecular weight is 316 g/mol. The van der Waals surface area contributed by atoms with Gasteiger partial charge in [0, 0.05) is 0 Å². The Bertz CT molecular complexity index is 592. The van der Waals surface area contributed by atoms with Gasteiger partial charge in [-0.05, 0) is 74.2 Å². The Morgan fingerprint density at radius 1 is 0.682 bits per heavy atom. The molecule has 0 saturated heterocycles. The Labute approximate surface area is 136 Å². The minimum Gasteiger partial charge on any atom is -0.496 e. The van der Waals surface area contributed by atoms with Crippen molar-refractivity contribution in [1.82, 2.24) is 0 Å². The molecule has 0 N–H and O–H groups in total. The summed E-state index contributed by atoms with van der Waals surface area (Å²) < 4.78 is 11.0. The predicted molar refractivity (Wildman–Crippen MR) is 102 cm³/mol. The topological polar surface area (TPSA) is 18.5 Å². The van der Waals surface area contributed by atoms with Crippen LogP contribution in [-0.4, -0.2) is 21.8 Å². The summed E-state index contributed by atoms with van der Waals surface area (Å²) in [4.78, 5) is 0. The molecule has 0 saturated carbocycles. The van der Waals surface area contributed by atoms with E-state index in [-0.39, 0.29) is 7.57 Å². The molecule has 0 bridgehead atoms. The van der Waals surface area contributed by atoms with Crippen molar-refractivity contribution in [2.24, 2.45) is 0 Å². The molecule has 2 aromatic rings. The van der Waals surface area contributed by atoms with Crippen LogP contribution < -0.4 is 20.1 Å². The molecule has 0 amide bonds. The Kier molecular flexibility index (Phi) is 5.18. The number of hydrogen-bond acceptors (Lipinski definition) is 2. The van der Waals surface area contributed by atoms with E-state index < -0.39 is 7.80 Å². The highest BCUT2D eigenvalue weighted by atomic mass is 31.1. The number of aryl methyl sites for hydroxylation is 4. The van der Waals surface area contributed by atoms with Gasteiger partial charge >= 0.3 is 0 Å². The monoisotopic (exact) mass is 316 g/mol. The molecule has 0 aliphatic rings. The van der Waals surface area contributed by atoms with Crippen molar-refractivity contribution in [3.05, 3.63) is 46.5 Å². The van der Waals surface area contributed by atoms with Gasteiger partial charge in [-0.15, -0.1) is 7.80 Å². The minimum atomic E-state index is -0.543. The predicted octanol–water partition coefficient (Wildman–Crippen LogP) is 2.38. The van der Waals surface area contributed by atoms with Crippen molar-refractivity contribution in [2.45, 2.75) is 27.7 Å². The van der Waals surface area contributed by atoms with Crippen LogP contribution in [-0.2, 0) is 0 Å². The normalized spacial score (nSPS) is 10.9. The largest absolute Gasteiger partial charge is 0.496 e. The summed E-state index contributed by atoms with van der Waals surface area (Å²) in [6.45, 7) is 8.59. The first-order chi connectivity index (χ1) is 10.4. The second-order valence-electron chi connectivity index (χ2n) is 5.41. The lowest BCUT2D eigenvalue weighted by Gasteiger charge is -2.17. The van der Waals surface area contributed by atoms with E-state index in [1.807, 2.05) is 0 Å². The van der Waals surface area contributed by atoms with Crippen LogP contribution in [0.1, 0.15) is 22.3 Å². The third-order valence-corrected chi connectivity index (χ3v) is 4.77. The average Bonchev–Trinajstić information content (AvgIpc) is 2.45. The number of methoxy groups -OCH3 is 2. The van der Waals surface area contributed by atoms with Gasteiger partial charge in [-0.3, -0.25) is 0 Å². The van der Waals surface area contributed by atoms with Crippen molar-refractivity contribution in [3.63, 3.8) is 0 Å². The maximum absolute atomic E-state index is 5.50. The molecule has 0 radical (unpaired) electrons. The van der Waals surface area contributed by atoms with Gasteiger partial charge in [0.15, 0.2) is 0 Å². The van der Waals surface area contributed by atoms with E-state index in [2.05, 4.69) is 52.0 Å². The standard InChI is InChI=1S/C18H26BO2P/c1-11-7-15(8-12(2)17(11)20-5)22(19)16-9-13(3)18(21-6)14(4)10-16/h7-10,22H,1-6,19H3. The highest BCUT2D eigenvalue weighted by molar-refractivity contribution is 7.94. The smallest absolute Gasteiger partial charge is 0.135 e. The maximum Gasteiger partial charge on any atom is 0.135 e. The molecule has 2 aromatic carbocycles. The van der Waals surface area contributed by atoms with Gasteiger partial charge in [0.25, 0.3) is 0 Å². The summed E-state index contributed by atoms with van der Waals surface area (Å²) in [7, 11) is 3.20. The number of ether oxygens (including phenoxy) is 2. The van der Waals surface area contributed by atoms with Crippen molar-refractivity contribution in [3.8, 4) is 11.5 Å². The molecule has 22 heavy (non-hydrogen) atoms. The Hall–Kier alpha value is -1.47. The second kappa shape index (κ2) is 6.75. The van der Waals surface area contributed by atoms with Crippen LogP contribution in [0.3, 0.4) is 0 Å². The van der Waals surface area contributed by atoms with Gasteiger partial charge in [0.2, 0.25) is 0 Å². The van der Waals surface area contributed by atoms with Crippen LogP contribution in [0.15, 0.2) is 24.3 Å². The van der Waals surface area contributed by atoms with Crippen LogP contribution >= 0.6 is 7.80 Å². The zero-order valence-corrected chi connectivity index (χ0v) is 14.6. The molecule has 2 nitrogen and oxygen atoms in total. The van der Waals surface area contributed by atoms with Gasteiger partial charge in [-0.2, -0.15) is 0 Å². The minimum absolute atomic E-state index is 0.232. The maximum atomic E-state index is 5.50. The van der Waals surface area contributed by atoms with Gasteiger partial charge in [0.05, 0.1) is 24.8 Å². The third-order valence-electron chi connectivity index (χ3n) is 3.62. The third kappa shape index (κ3) is 3.15. The van der Waals surface area contributed by atoms with Crippen molar-refractivity contribution in [1.29, 1.82) is 0 Å². The molecule has 0 unspecified atom stereocenters. The zero-order valence-electron chi connectivity index (χ0n) is 13.6. The summed E-state index contributed by atoms with van der Waals surface area (Å²) >= 11 is 0. The fourth-order valence-corrected chi connectivity index (χ4v) is 4.34. The molecule has 4 heteroatoms. The van der Waals surface area contributed by atoms with Crippen LogP contribution in [0.5, 0.6) is 11.5 Å². The molecule has 0 spiro atoms. The van der Waals surface area contributed by atoms with Crippen molar-refractivity contribution >= 4 is 26.0 Å². The number of benzene rings is 2. The molecule has 0 aliphatic heterocycles. The van der Waals surface area contributed by atoms with E-state index in [0.717, 1.165) is 11.5 Å². The lowest BCUT2D eigenvalue weighted by Crippen LogP contribution is -2.14. The molecule has 0 aromatic heterocycles. The van der Waals surface area contributed by atoms with E-state index in [1.54, 1.807) is 14.2 Å². The first kappa shape index (κ1) is 16.9. The van der Waals surface area contributed by atoms with Gasteiger partial charge in [-0.1, -0.05) is 0 Å². The summed E-state index contributed by atoms with van der Waals surface area (Å²) in [6, 6.07) is 9.34. The zero-order chi connectivity index (χ0) is 16.4. The fourth-order valence-electron chi connectivity index (χ4n) is 2.86. The van der Waals surface area contributed by atoms with Crippen LogP contribution in [0, 0.1) is 27.7 Å². The Morgan fingerprint density at radius 2 is 0.955 bits per heavy atom. The molecule has 2 rings (SSSR count). The Balaban J connectivity index is 2.46. The molecule has 0 aliphatic carbocycles. The van der Waals surface area contributed by atoms with Gasteiger partial charge < -0.3 is 9.47 Å². The summed E-state index contributed by atoms with van der Waals surface area (Å²) in [6.07, 6.45) is 0. The van der Waals surface area contributed by atoms with Crippen LogP contribution in [0.25, 0.3) is 0 Å². The van der Waals surface area contributed by atoms with Crippen LogP contribution in [0.4, 0.5) is 0 Å². The summed E-state index contributed by atoms with van der Waals surface area (Å²) in [5, 5.41) is 3.06. The first-order valence-corrected chi connectivity index (χ1v) is 8.03. The fraction of sp³-hybridized carbons (Fsp3) is 0.333. The highest BCUT2D eigenvalue weighted by Gasteiger charge is 2.17. The van der Waals surface area contributed by atoms with E-state index >= 15 is 0 Å². The lowest BCUT2D eigenvalue weighted by atomic mass is 10.1. The van der Waals surface area contributed by atoms with E-state index in [9.17, 15) is 0 Å². The number of rotatable bonds is 4. The molecule has 0 heterocycles. The molecule has 0 fully saturated rings. The van der Waals surface area contributed by atoms with Crippen molar-refractivity contribution in [2.75, 3.05) is 14.2 Å². The van der Waals surface area contributed by atoms with E-state index in [4.69, 9.17) is 9.47 Å². The SMILES string of the molecule is [BH3-][PH+](c1cc(C)c(OC)c(C)c1)c1cc(C)c(OC)c(C)c1. The van der Waals surface area contributed by atoms with E-state index in [1.165, 1.54) is 32.9 Å². The van der Waals surface area contributed by atoms with Gasteiger partial charge in [0.1, 0.15) is 19.1 Å². The Morgan fingerprint density at radius 3 is 1.18 bits per heavy atom. The molecule has 0 atom stereocenters. The molecule has 118 valence electrons. The summed E-state index contributed by atoms with van der Waals surface area (Å²) in [5.74, 6) is 2.06. The lowest BCUT2D eigenvalue weighted by molar-refractivity contribution is 0.408. The first-order valence-electron chi connectivity index (χ1n) is 7.03. The number of hydrogen-bond donors (Lipinski definition) is 0. The van der Waals surface area contributed by atoms with Crippen LogP contribution in [0.2, 0.25) is 0 Å². The highest BCUT2D eigenvalue weighted by Crippen LogP contribution is 2.34. The quantitative estimate of drug-likeness (QED) is 0.637. The van der Waals surface area contributed by atoms with Gasteiger partial charge in [-0.25, -0.2) is 0 Å². The van der Waals surface area contributed by atoms with Crippen molar-refractivity contribution < 1.29 is 9.47 Å². The van der Waals surface area contributed by atoms with E-state index in [0.29, 0.717) is 0 Å². The second-order valence-corrected chi connectivity index (χ2v) is 6.82. The molecular weight excluding hydrogens is 290 g/mol.